The van der Waals surface area contributed by atoms with E-state index in [1.54, 1.807) is 0 Å². The Kier molecular flexibility index (Phi) is 6.52. The first-order valence-corrected chi connectivity index (χ1v) is 8.34. The minimum Gasteiger partial charge on any atom is -0.494 e. The van der Waals surface area contributed by atoms with E-state index in [0.29, 0.717) is 18.0 Å². The highest BCUT2D eigenvalue weighted by atomic mass is 16.5. The van der Waals surface area contributed by atoms with Gasteiger partial charge in [-0.15, -0.1) is 0 Å². The molecule has 0 spiro atoms. The molecule has 0 aromatic heterocycles. The molecule has 0 radical (unpaired) electrons. The van der Waals surface area contributed by atoms with Crippen LogP contribution in [0.25, 0.3) is 0 Å². The Morgan fingerprint density at radius 1 is 1.14 bits per heavy atom. The van der Waals surface area contributed by atoms with Gasteiger partial charge in [0.05, 0.1) is 6.61 Å². The van der Waals surface area contributed by atoms with Crippen LogP contribution in [0.15, 0.2) is 24.3 Å². The van der Waals surface area contributed by atoms with Crippen LogP contribution < -0.4 is 15.8 Å². The summed E-state index contributed by atoms with van der Waals surface area (Å²) >= 11 is 0. The first kappa shape index (κ1) is 16.3. The fraction of sp³-hybridized carbons (Fsp3) is 0.667. The molecule has 1 aromatic rings. The molecular formula is C18H30N2O. The molecule has 0 atom stereocenters. The van der Waals surface area contributed by atoms with Crippen LogP contribution in [0.4, 0.5) is 0 Å². The molecular weight excluding hydrogens is 260 g/mol. The lowest BCUT2D eigenvalue weighted by molar-refractivity contribution is 0.289. The van der Waals surface area contributed by atoms with Crippen molar-refractivity contribution in [2.24, 2.45) is 11.7 Å². The van der Waals surface area contributed by atoms with E-state index < -0.39 is 0 Å². The number of hydrogen-bond donors (Lipinski definition) is 2. The quantitative estimate of drug-likeness (QED) is 0.808. The monoisotopic (exact) mass is 290 g/mol. The highest BCUT2D eigenvalue weighted by molar-refractivity contribution is 5.27. The van der Waals surface area contributed by atoms with Gasteiger partial charge in [0, 0.05) is 18.6 Å². The van der Waals surface area contributed by atoms with E-state index in [9.17, 15) is 0 Å². The van der Waals surface area contributed by atoms with E-state index in [0.717, 1.165) is 38.2 Å². The van der Waals surface area contributed by atoms with Gasteiger partial charge in [0.1, 0.15) is 5.75 Å². The van der Waals surface area contributed by atoms with Gasteiger partial charge < -0.3 is 15.8 Å². The minimum atomic E-state index is 0.422. The van der Waals surface area contributed by atoms with E-state index in [1.165, 1.54) is 18.4 Å². The van der Waals surface area contributed by atoms with Crippen molar-refractivity contribution in [3.8, 4) is 5.75 Å². The average Bonchev–Trinajstić information content (AvgIpc) is 2.48. The number of hydrogen-bond acceptors (Lipinski definition) is 3. The molecule has 1 aromatic carbocycles. The highest BCUT2D eigenvalue weighted by Gasteiger charge is 2.17. The van der Waals surface area contributed by atoms with E-state index in [2.05, 4.69) is 43.4 Å². The molecule has 2 rings (SSSR count). The molecule has 1 aliphatic rings. The summed E-state index contributed by atoms with van der Waals surface area (Å²) in [6.07, 6.45) is 5.82. The number of ether oxygens (including phenoxy) is 1. The zero-order valence-corrected chi connectivity index (χ0v) is 13.5. The lowest BCUT2D eigenvalue weighted by Crippen LogP contribution is -2.36. The molecule has 3 heteroatoms. The van der Waals surface area contributed by atoms with Crippen LogP contribution in [0.3, 0.4) is 0 Å². The van der Waals surface area contributed by atoms with Gasteiger partial charge in [0.25, 0.3) is 0 Å². The van der Waals surface area contributed by atoms with Gasteiger partial charge in [-0.25, -0.2) is 0 Å². The van der Waals surface area contributed by atoms with Crippen molar-refractivity contribution in [1.82, 2.24) is 5.32 Å². The Bertz CT molecular complexity index is 394. The second kappa shape index (κ2) is 8.40. The molecule has 21 heavy (non-hydrogen) atoms. The van der Waals surface area contributed by atoms with Gasteiger partial charge in [-0.1, -0.05) is 26.0 Å². The predicted octanol–water partition coefficient (Wildman–Crippen LogP) is 3.47. The van der Waals surface area contributed by atoms with Gasteiger partial charge in [-0.2, -0.15) is 0 Å². The number of benzene rings is 1. The molecule has 1 aliphatic carbocycles. The van der Waals surface area contributed by atoms with Crippen molar-refractivity contribution in [3.63, 3.8) is 0 Å². The Morgan fingerprint density at radius 2 is 1.81 bits per heavy atom. The minimum absolute atomic E-state index is 0.422. The topological polar surface area (TPSA) is 47.3 Å². The van der Waals surface area contributed by atoms with E-state index >= 15 is 0 Å². The van der Waals surface area contributed by atoms with Crippen molar-refractivity contribution in [3.05, 3.63) is 29.8 Å². The number of nitrogens with one attached hydrogen (secondary N) is 1. The summed E-state index contributed by atoms with van der Waals surface area (Å²) in [7, 11) is 0. The third kappa shape index (κ3) is 6.06. The fourth-order valence-corrected chi connectivity index (χ4v) is 2.70. The molecule has 1 fully saturated rings. The Morgan fingerprint density at radius 3 is 2.43 bits per heavy atom. The van der Waals surface area contributed by atoms with Crippen LogP contribution in [0.2, 0.25) is 0 Å². The maximum Gasteiger partial charge on any atom is 0.119 e. The largest absolute Gasteiger partial charge is 0.494 e. The SMILES string of the molecule is CC(C)CCOc1ccc(CNC2CCC(N)CC2)cc1. The maximum absolute atomic E-state index is 5.94. The van der Waals surface area contributed by atoms with Gasteiger partial charge in [-0.05, 0) is 55.7 Å². The molecule has 118 valence electrons. The molecule has 0 bridgehead atoms. The number of nitrogens with two attached hydrogens (primary N) is 1. The Hall–Kier alpha value is -1.06. The summed E-state index contributed by atoms with van der Waals surface area (Å²) in [5.74, 6) is 1.67. The molecule has 0 saturated heterocycles. The summed E-state index contributed by atoms with van der Waals surface area (Å²) in [5, 5.41) is 3.64. The van der Waals surface area contributed by atoms with Crippen molar-refractivity contribution < 1.29 is 4.74 Å². The van der Waals surface area contributed by atoms with Crippen LogP contribution >= 0.6 is 0 Å². The van der Waals surface area contributed by atoms with E-state index in [1.807, 2.05) is 0 Å². The lowest BCUT2D eigenvalue weighted by Gasteiger charge is -2.27. The summed E-state index contributed by atoms with van der Waals surface area (Å²) in [4.78, 5) is 0. The van der Waals surface area contributed by atoms with E-state index in [4.69, 9.17) is 10.5 Å². The second-order valence-corrected chi connectivity index (χ2v) is 6.67. The number of rotatable bonds is 7. The third-order valence-electron chi connectivity index (χ3n) is 4.25. The molecule has 0 amide bonds. The van der Waals surface area contributed by atoms with Gasteiger partial charge in [-0.3, -0.25) is 0 Å². The summed E-state index contributed by atoms with van der Waals surface area (Å²) in [5.41, 5.74) is 7.26. The molecule has 3 N–H and O–H groups in total. The molecule has 1 saturated carbocycles. The van der Waals surface area contributed by atoms with Crippen LogP contribution in [0.5, 0.6) is 5.75 Å². The Labute approximate surface area is 129 Å². The molecule has 3 nitrogen and oxygen atoms in total. The van der Waals surface area contributed by atoms with E-state index in [-0.39, 0.29) is 0 Å². The summed E-state index contributed by atoms with van der Waals surface area (Å²) in [6, 6.07) is 9.53. The normalized spacial score (nSPS) is 22.5. The predicted molar refractivity (Wildman–Crippen MR) is 88.5 cm³/mol. The van der Waals surface area contributed by atoms with Crippen molar-refractivity contribution in [2.75, 3.05) is 6.61 Å². The molecule has 0 unspecified atom stereocenters. The third-order valence-corrected chi connectivity index (χ3v) is 4.25. The zero-order valence-electron chi connectivity index (χ0n) is 13.5. The van der Waals surface area contributed by atoms with Gasteiger partial charge in [0.15, 0.2) is 0 Å². The van der Waals surface area contributed by atoms with Crippen LogP contribution in [-0.2, 0) is 6.54 Å². The average molecular weight is 290 g/mol. The fourth-order valence-electron chi connectivity index (χ4n) is 2.70. The Balaban J connectivity index is 1.69. The summed E-state index contributed by atoms with van der Waals surface area (Å²) in [6.45, 7) is 6.18. The van der Waals surface area contributed by atoms with Crippen LogP contribution in [0, 0.1) is 5.92 Å². The van der Waals surface area contributed by atoms with Crippen molar-refractivity contribution in [1.29, 1.82) is 0 Å². The first-order chi connectivity index (χ1) is 10.1. The highest BCUT2D eigenvalue weighted by Crippen LogP contribution is 2.18. The van der Waals surface area contributed by atoms with Crippen LogP contribution in [0.1, 0.15) is 51.5 Å². The van der Waals surface area contributed by atoms with Gasteiger partial charge in [0.2, 0.25) is 0 Å². The molecule has 0 heterocycles. The second-order valence-electron chi connectivity index (χ2n) is 6.67. The smallest absolute Gasteiger partial charge is 0.119 e. The van der Waals surface area contributed by atoms with Crippen molar-refractivity contribution >= 4 is 0 Å². The standard InChI is InChI=1S/C18H30N2O/c1-14(2)11-12-21-18-9-3-15(4-10-18)13-20-17-7-5-16(19)6-8-17/h3-4,9-10,14,16-17,20H,5-8,11-13,19H2,1-2H3. The van der Waals surface area contributed by atoms with Crippen molar-refractivity contribution in [2.45, 2.75) is 64.6 Å². The zero-order chi connectivity index (χ0) is 15.1. The lowest BCUT2D eigenvalue weighted by atomic mass is 9.92. The molecule has 0 aliphatic heterocycles. The first-order valence-electron chi connectivity index (χ1n) is 8.34. The maximum atomic E-state index is 5.94. The van der Waals surface area contributed by atoms with Gasteiger partial charge >= 0.3 is 0 Å². The summed E-state index contributed by atoms with van der Waals surface area (Å²) < 4.78 is 5.74. The van der Waals surface area contributed by atoms with Crippen LogP contribution in [-0.4, -0.2) is 18.7 Å².